The highest BCUT2D eigenvalue weighted by atomic mass is 28.4. The highest BCUT2D eigenvalue weighted by Crippen LogP contribution is 2.60. The molecule has 2 aliphatic rings. The molecule has 11 nitrogen and oxygen atoms in total. The Labute approximate surface area is 240 Å². The molecule has 1 saturated heterocycles. The second-order valence-corrected chi connectivity index (χ2v) is 15.5. The number of nitrogens with one attached hydrogen (secondary N) is 2. The lowest BCUT2D eigenvalue weighted by Crippen LogP contribution is -2.46. The molecular weight excluding hydrogens is 546 g/mol. The van der Waals surface area contributed by atoms with Gasteiger partial charge in [-0.15, -0.1) is 0 Å². The lowest BCUT2D eigenvalue weighted by molar-refractivity contribution is -0.146. The molecule has 3 amide bonds. The smallest absolute Gasteiger partial charge is 0.264 e. The van der Waals surface area contributed by atoms with Crippen LogP contribution in [0.1, 0.15) is 38.3 Å². The highest BCUT2D eigenvalue weighted by molar-refractivity contribution is 6.71. The fourth-order valence-corrected chi connectivity index (χ4v) is 8.74. The van der Waals surface area contributed by atoms with Crippen LogP contribution in [0.15, 0.2) is 42.5 Å². The number of rotatable bonds is 9. The summed E-state index contributed by atoms with van der Waals surface area (Å²) < 4.78 is 6.60. The van der Waals surface area contributed by atoms with Crippen molar-refractivity contribution in [2.45, 2.75) is 76.3 Å². The van der Waals surface area contributed by atoms with E-state index in [1.807, 2.05) is 13.0 Å². The average Bonchev–Trinajstić information content (AvgIpc) is 3.31. The van der Waals surface area contributed by atoms with Crippen LogP contribution in [0.5, 0.6) is 0 Å². The van der Waals surface area contributed by atoms with Gasteiger partial charge in [0.15, 0.2) is 13.9 Å². The van der Waals surface area contributed by atoms with Gasteiger partial charge in [0.25, 0.3) is 17.7 Å². The van der Waals surface area contributed by atoms with E-state index in [9.17, 15) is 34.5 Å². The Morgan fingerprint density at radius 1 is 1.05 bits per heavy atom. The van der Waals surface area contributed by atoms with Gasteiger partial charge in [0.2, 0.25) is 0 Å². The van der Waals surface area contributed by atoms with Crippen molar-refractivity contribution >= 4 is 43.1 Å². The summed E-state index contributed by atoms with van der Waals surface area (Å²) in [7, 11) is -2.89. The van der Waals surface area contributed by atoms with Crippen molar-refractivity contribution in [3.63, 3.8) is 0 Å². The Kier molecular flexibility index (Phi) is 8.74. The summed E-state index contributed by atoms with van der Waals surface area (Å²) in [6.45, 7) is 8.16. The number of carbonyl (C=O) groups excluding carboxylic acids is 3. The number of nitrogens with zero attached hydrogens (tertiary/aromatic N) is 1. The van der Waals surface area contributed by atoms with Gasteiger partial charge in [0.1, 0.15) is 12.2 Å². The van der Waals surface area contributed by atoms with E-state index in [1.54, 1.807) is 54.4 Å². The molecular formula is C29H39N3O8Si. The summed E-state index contributed by atoms with van der Waals surface area (Å²) in [4.78, 5) is 51.6. The molecule has 0 aromatic heterocycles. The molecule has 12 heteroatoms. The van der Waals surface area contributed by atoms with Gasteiger partial charge in [-0.25, -0.2) is 0 Å². The van der Waals surface area contributed by atoms with Crippen molar-refractivity contribution in [3.05, 3.63) is 53.6 Å². The van der Waals surface area contributed by atoms with Crippen LogP contribution in [0.3, 0.4) is 0 Å². The zero-order valence-corrected chi connectivity index (χ0v) is 24.9. The summed E-state index contributed by atoms with van der Waals surface area (Å²) in [6, 6.07) is 12.0. The van der Waals surface area contributed by atoms with Gasteiger partial charge >= 0.3 is 0 Å². The number of aliphatic hydroxyl groups excluding tert-OH is 3. The molecule has 6 N–H and O–H groups in total. The Hall–Kier alpha value is -3.13. The van der Waals surface area contributed by atoms with Crippen molar-refractivity contribution in [1.29, 1.82) is 0 Å². The first-order valence-electron chi connectivity index (χ1n) is 13.7. The molecule has 2 aliphatic heterocycles. The molecule has 1 fully saturated rings. The lowest BCUT2D eigenvalue weighted by Gasteiger charge is -2.32. The van der Waals surface area contributed by atoms with E-state index in [0.717, 1.165) is 0 Å². The number of ether oxygens (including phenoxy) is 1. The van der Waals surface area contributed by atoms with Crippen LogP contribution in [0, 0.1) is 5.92 Å². The van der Waals surface area contributed by atoms with Gasteiger partial charge in [-0.3, -0.25) is 14.4 Å². The van der Waals surface area contributed by atoms with Gasteiger partial charge < -0.3 is 40.4 Å². The molecule has 41 heavy (non-hydrogen) atoms. The van der Waals surface area contributed by atoms with Crippen molar-refractivity contribution < 1.29 is 39.2 Å². The second-order valence-electron chi connectivity index (χ2n) is 11.5. The molecule has 0 unspecified atom stereocenters. The van der Waals surface area contributed by atoms with Crippen LogP contribution in [0.25, 0.3) is 0 Å². The third-order valence-electron chi connectivity index (χ3n) is 7.96. The van der Waals surface area contributed by atoms with E-state index >= 15 is 0 Å². The number of anilines is 3. The Balaban J connectivity index is 1.79. The molecule has 6 atom stereocenters. The first kappa shape index (κ1) is 30.8. The fraction of sp³-hybridized carbons (Fsp3) is 0.483. The van der Waals surface area contributed by atoms with Crippen molar-refractivity contribution in [2.75, 3.05) is 22.1 Å². The maximum atomic E-state index is 14.5. The average molecular weight is 586 g/mol. The standard InChI is InChI=1S/C29H39N3O8Si/c1-16-25(41(4,5)39)24(11-12-33)40-29(16)22-14-21(31-27(37)18(3)35)9-10-23(22)32(28(29)38)15-19-7-6-8-20(13-19)30-26(36)17(2)34/h6-10,13-14,16-18,24-25,33-35,39H,11-12,15H2,1-5H3,(H,30,36)(H,31,37)/t16-,17-,18-,24+,25-,29+/m0/s1. The normalized spacial score (nSPS) is 25.2. The molecule has 4 rings (SSSR count). The minimum atomic E-state index is -2.89. The third-order valence-corrected chi connectivity index (χ3v) is 10.5. The zero-order valence-electron chi connectivity index (χ0n) is 23.9. The Bertz CT molecular complexity index is 1330. The van der Waals surface area contributed by atoms with Gasteiger partial charge in [-0.1, -0.05) is 19.1 Å². The predicted octanol–water partition coefficient (Wildman–Crippen LogP) is 2.05. The van der Waals surface area contributed by atoms with Crippen LogP contribution in [0.4, 0.5) is 17.1 Å². The number of amides is 3. The highest BCUT2D eigenvalue weighted by Gasteiger charge is 2.66. The van der Waals surface area contributed by atoms with E-state index in [-0.39, 0.29) is 31.0 Å². The van der Waals surface area contributed by atoms with E-state index in [1.165, 1.54) is 13.8 Å². The van der Waals surface area contributed by atoms with Crippen LogP contribution in [0.2, 0.25) is 18.6 Å². The lowest BCUT2D eigenvalue weighted by atomic mass is 9.82. The first-order valence-corrected chi connectivity index (χ1v) is 16.8. The number of hydrogen-bond donors (Lipinski definition) is 6. The molecule has 0 bridgehead atoms. The van der Waals surface area contributed by atoms with Crippen LogP contribution < -0.4 is 15.5 Å². The van der Waals surface area contributed by atoms with Gasteiger partial charge in [0.05, 0.1) is 18.3 Å². The van der Waals surface area contributed by atoms with E-state index in [2.05, 4.69) is 10.6 Å². The molecule has 2 aromatic rings. The SMILES string of the molecule is C[C@H](O)C(=O)Nc1cccc(CN2C(=O)[C@]3(O[C@H](CCO)[C@@H]([Si](C)(C)O)[C@@H]3C)c3cc(NC(=O)[C@H](C)O)ccc32)c1. The monoisotopic (exact) mass is 585 g/mol. The van der Waals surface area contributed by atoms with E-state index in [0.29, 0.717) is 28.2 Å². The van der Waals surface area contributed by atoms with Crippen molar-refractivity contribution in [1.82, 2.24) is 0 Å². The topological polar surface area (TPSA) is 169 Å². The minimum absolute atomic E-state index is 0.136. The minimum Gasteiger partial charge on any atom is -0.432 e. The van der Waals surface area contributed by atoms with E-state index in [4.69, 9.17) is 4.74 Å². The number of carbonyl (C=O) groups is 3. The third kappa shape index (κ3) is 5.81. The van der Waals surface area contributed by atoms with Gasteiger partial charge in [0, 0.05) is 35.0 Å². The summed E-state index contributed by atoms with van der Waals surface area (Å²) >= 11 is 0. The molecule has 0 radical (unpaired) electrons. The summed E-state index contributed by atoms with van der Waals surface area (Å²) in [5.41, 5.74) is 0.814. The quantitative estimate of drug-likeness (QED) is 0.243. The summed E-state index contributed by atoms with van der Waals surface area (Å²) in [6.07, 6.45) is -2.74. The molecule has 1 spiro atoms. The Morgan fingerprint density at radius 3 is 2.22 bits per heavy atom. The van der Waals surface area contributed by atoms with Crippen molar-refractivity contribution in [2.24, 2.45) is 5.92 Å². The first-order chi connectivity index (χ1) is 19.2. The molecule has 0 aliphatic carbocycles. The number of fused-ring (bicyclic) bond motifs is 2. The van der Waals surface area contributed by atoms with Gasteiger partial charge in [-0.05, 0) is 69.3 Å². The summed E-state index contributed by atoms with van der Waals surface area (Å²) in [5.74, 6) is -1.94. The molecule has 0 saturated carbocycles. The molecule has 222 valence electrons. The second kappa shape index (κ2) is 11.6. The van der Waals surface area contributed by atoms with Gasteiger partial charge in [-0.2, -0.15) is 0 Å². The van der Waals surface area contributed by atoms with E-state index < -0.39 is 50.0 Å². The maximum Gasteiger partial charge on any atom is 0.264 e. The predicted molar refractivity (Wildman–Crippen MR) is 156 cm³/mol. The number of benzene rings is 2. The maximum absolute atomic E-state index is 14.5. The summed E-state index contributed by atoms with van der Waals surface area (Å²) in [5, 5.41) is 34.4. The van der Waals surface area contributed by atoms with Crippen LogP contribution >= 0.6 is 0 Å². The molecule has 2 aromatic carbocycles. The van der Waals surface area contributed by atoms with Crippen LogP contribution in [-0.4, -0.2) is 71.1 Å². The fourth-order valence-electron chi connectivity index (χ4n) is 6.13. The van der Waals surface area contributed by atoms with Crippen molar-refractivity contribution in [3.8, 4) is 0 Å². The largest absolute Gasteiger partial charge is 0.432 e. The number of aliphatic hydroxyl groups is 3. The zero-order chi connectivity index (χ0) is 30.3. The molecule has 2 heterocycles. The number of hydrogen-bond acceptors (Lipinski definition) is 8. The van der Waals surface area contributed by atoms with Crippen LogP contribution in [-0.2, 0) is 31.3 Å². The Morgan fingerprint density at radius 2 is 1.66 bits per heavy atom.